The summed E-state index contributed by atoms with van der Waals surface area (Å²) >= 11 is 0. The number of benzene rings is 1. The Kier molecular flexibility index (Phi) is 6.14. The molecule has 2 heterocycles. The minimum Gasteiger partial charge on any atom is -0.381 e. The first-order valence-electron chi connectivity index (χ1n) is 9.04. The first kappa shape index (κ1) is 20.1. The molecule has 7 heteroatoms. The van der Waals surface area contributed by atoms with E-state index in [0.29, 0.717) is 42.6 Å². The number of alkyl halides is 3. The van der Waals surface area contributed by atoms with Gasteiger partial charge in [0.15, 0.2) is 0 Å². The third-order valence-electron chi connectivity index (χ3n) is 4.79. The Morgan fingerprint density at radius 1 is 1.18 bits per heavy atom. The molecule has 1 aromatic carbocycles. The number of carbonyl (C=O) groups is 1. The number of hydrogen-bond donors (Lipinski definition) is 0. The van der Waals surface area contributed by atoms with Gasteiger partial charge in [0.25, 0.3) is 0 Å². The van der Waals surface area contributed by atoms with E-state index in [9.17, 15) is 18.0 Å². The smallest absolute Gasteiger partial charge is 0.381 e. The molecule has 1 fully saturated rings. The third kappa shape index (κ3) is 4.78. The van der Waals surface area contributed by atoms with Crippen LogP contribution in [0.5, 0.6) is 0 Å². The van der Waals surface area contributed by atoms with Gasteiger partial charge in [0, 0.05) is 25.3 Å². The summed E-state index contributed by atoms with van der Waals surface area (Å²) in [5.41, 5.74) is 1.04. The second kappa shape index (κ2) is 8.56. The summed E-state index contributed by atoms with van der Waals surface area (Å²) in [6.45, 7) is 5.49. The number of hydrogen-bond acceptors (Lipinski definition) is 3. The number of aromatic nitrogens is 1. The van der Waals surface area contributed by atoms with Crippen molar-refractivity contribution in [1.29, 1.82) is 0 Å². The molecule has 0 atom stereocenters. The number of rotatable bonds is 5. The monoisotopic (exact) mass is 390 g/mol. The molecule has 1 aromatic heterocycles. The molecular weight excluding hydrogens is 369 g/mol. The van der Waals surface area contributed by atoms with Gasteiger partial charge in [-0.3, -0.25) is 9.78 Å². The molecule has 0 N–H and O–H groups in total. The van der Waals surface area contributed by atoms with Gasteiger partial charge >= 0.3 is 6.18 Å². The van der Waals surface area contributed by atoms with Crippen molar-refractivity contribution in [2.75, 3.05) is 24.7 Å². The van der Waals surface area contributed by atoms with Crippen LogP contribution >= 0.6 is 0 Å². The van der Waals surface area contributed by atoms with Crippen molar-refractivity contribution < 1.29 is 22.7 Å². The number of anilines is 1. The summed E-state index contributed by atoms with van der Waals surface area (Å²) in [6, 6.07) is 8.29. The molecule has 0 aliphatic carbocycles. The predicted octanol–water partition coefficient (Wildman–Crippen LogP) is 4.71. The normalized spacial score (nSPS) is 15.2. The Morgan fingerprint density at radius 2 is 1.86 bits per heavy atom. The Labute approximate surface area is 161 Å². The fourth-order valence-corrected chi connectivity index (χ4v) is 3.17. The van der Waals surface area contributed by atoms with Crippen LogP contribution in [-0.2, 0) is 15.7 Å². The number of nitrogens with zero attached hydrogens (tertiary/aromatic N) is 2. The summed E-state index contributed by atoms with van der Waals surface area (Å²) in [5, 5.41) is 0. The minimum absolute atomic E-state index is 0.212. The lowest BCUT2D eigenvalue weighted by molar-refractivity contribution is -0.137. The fourth-order valence-electron chi connectivity index (χ4n) is 3.17. The maximum atomic E-state index is 12.7. The zero-order chi connectivity index (χ0) is 20.1. The molecule has 0 spiro atoms. The van der Waals surface area contributed by atoms with E-state index in [0.717, 1.165) is 25.0 Å². The Balaban J connectivity index is 1.78. The first-order valence-corrected chi connectivity index (χ1v) is 9.04. The second-order valence-corrected chi connectivity index (χ2v) is 6.69. The highest BCUT2D eigenvalue weighted by Gasteiger charge is 2.30. The molecule has 28 heavy (non-hydrogen) atoms. The molecule has 0 bridgehead atoms. The van der Waals surface area contributed by atoms with Crippen LogP contribution in [0.4, 0.5) is 18.9 Å². The van der Waals surface area contributed by atoms with Crippen LogP contribution in [0.3, 0.4) is 0 Å². The van der Waals surface area contributed by atoms with Gasteiger partial charge in [0.05, 0.1) is 23.1 Å². The van der Waals surface area contributed by atoms with Gasteiger partial charge in [-0.15, -0.1) is 0 Å². The van der Waals surface area contributed by atoms with Crippen LogP contribution in [0.1, 0.15) is 18.4 Å². The zero-order valence-electron chi connectivity index (χ0n) is 15.3. The van der Waals surface area contributed by atoms with Crippen molar-refractivity contribution in [2.24, 2.45) is 5.92 Å². The lowest BCUT2D eigenvalue weighted by Crippen LogP contribution is -2.36. The average molecular weight is 390 g/mol. The fraction of sp³-hybridized carbons (Fsp3) is 0.333. The van der Waals surface area contributed by atoms with Crippen LogP contribution in [-0.4, -0.2) is 30.6 Å². The van der Waals surface area contributed by atoms with Gasteiger partial charge in [-0.2, -0.15) is 13.2 Å². The minimum atomic E-state index is -4.37. The van der Waals surface area contributed by atoms with Crippen LogP contribution < -0.4 is 4.90 Å². The number of halogens is 3. The van der Waals surface area contributed by atoms with Crippen molar-refractivity contribution in [3.05, 3.63) is 60.8 Å². The van der Waals surface area contributed by atoms with Crippen molar-refractivity contribution in [3.8, 4) is 11.3 Å². The Bertz CT molecular complexity index is 811. The van der Waals surface area contributed by atoms with E-state index >= 15 is 0 Å². The van der Waals surface area contributed by atoms with Crippen molar-refractivity contribution in [1.82, 2.24) is 4.98 Å². The summed E-state index contributed by atoms with van der Waals surface area (Å²) in [4.78, 5) is 18.3. The van der Waals surface area contributed by atoms with E-state index in [1.54, 1.807) is 23.2 Å². The molecule has 148 valence electrons. The van der Waals surface area contributed by atoms with Crippen LogP contribution in [0.15, 0.2) is 55.3 Å². The Hall–Kier alpha value is -2.67. The predicted molar refractivity (Wildman–Crippen MR) is 101 cm³/mol. The molecule has 1 amide bonds. The number of ether oxygens (including phenoxy) is 1. The third-order valence-corrected chi connectivity index (χ3v) is 4.79. The van der Waals surface area contributed by atoms with Crippen molar-refractivity contribution >= 4 is 11.6 Å². The lowest BCUT2D eigenvalue weighted by Gasteiger charge is -2.29. The van der Waals surface area contributed by atoms with Gasteiger partial charge in [-0.1, -0.05) is 18.7 Å². The zero-order valence-corrected chi connectivity index (χ0v) is 15.3. The van der Waals surface area contributed by atoms with Crippen molar-refractivity contribution in [2.45, 2.75) is 19.0 Å². The van der Waals surface area contributed by atoms with E-state index in [1.165, 1.54) is 18.2 Å². The van der Waals surface area contributed by atoms with Crippen LogP contribution in [0, 0.1) is 5.92 Å². The summed E-state index contributed by atoms with van der Waals surface area (Å²) < 4.78 is 43.5. The van der Waals surface area contributed by atoms with E-state index in [1.807, 2.05) is 0 Å². The Morgan fingerprint density at radius 3 is 2.39 bits per heavy atom. The molecule has 0 unspecified atom stereocenters. The highest BCUT2D eigenvalue weighted by molar-refractivity contribution is 6.01. The second-order valence-electron chi connectivity index (χ2n) is 6.69. The summed E-state index contributed by atoms with van der Waals surface area (Å²) in [6.07, 6.45) is 0.234. The maximum absolute atomic E-state index is 12.7. The summed E-state index contributed by atoms with van der Waals surface area (Å²) in [7, 11) is 0. The summed E-state index contributed by atoms with van der Waals surface area (Å²) in [5.74, 6) is 0.128. The molecule has 4 nitrogen and oxygen atoms in total. The molecule has 0 saturated carbocycles. The van der Waals surface area contributed by atoms with E-state index in [2.05, 4.69) is 11.6 Å². The quantitative estimate of drug-likeness (QED) is 0.695. The molecular formula is C21H21F3N2O2. The van der Waals surface area contributed by atoms with Gasteiger partial charge in [-0.05, 0) is 49.1 Å². The highest BCUT2D eigenvalue weighted by Crippen LogP contribution is 2.31. The van der Waals surface area contributed by atoms with E-state index in [-0.39, 0.29) is 5.91 Å². The molecule has 2 aromatic rings. The topological polar surface area (TPSA) is 42.4 Å². The standard InChI is InChI=1S/C21H21F3N2O2/c1-2-20(27)26(14-15-9-11-28-12-10-15)18-7-8-19(25-13-18)16-3-5-17(6-4-16)21(22,23)24/h2-8,13,15H,1,9-12,14H2. The van der Waals surface area contributed by atoms with E-state index in [4.69, 9.17) is 4.74 Å². The van der Waals surface area contributed by atoms with Crippen LogP contribution in [0.25, 0.3) is 11.3 Å². The van der Waals surface area contributed by atoms with Gasteiger partial charge in [0.1, 0.15) is 0 Å². The highest BCUT2D eigenvalue weighted by atomic mass is 19.4. The molecule has 1 aliphatic heterocycles. The molecule has 0 radical (unpaired) electrons. The molecule has 1 aliphatic rings. The number of carbonyl (C=O) groups excluding carboxylic acids is 1. The maximum Gasteiger partial charge on any atom is 0.416 e. The number of amides is 1. The lowest BCUT2D eigenvalue weighted by atomic mass is 9.99. The van der Waals surface area contributed by atoms with E-state index < -0.39 is 11.7 Å². The number of pyridine rings is 1. The van der Waals surface area contributed by atoms with Gasteiger partial charge in [0.2, 0.25) is 5.91 Å². The van der Waals surface area contributed by atoms with Crippen LogP contribution in [0.2, 0.25) is 0 Å². The molecule has 1 saturated heterocycles. The van der Waals surface area contributed by atoms with Crippen molar-refractivity contribution in [3.63, 3.8) is 0 Å². The first-order chi connectivity index (χ1) is 13.4. The van der Waals surface area contributed by atoms with Gasteiger partial charge < -0.3 is 9.64 Å². The SMILES string of the molecule is C=CC(=O)N(CC1CCOCC1)c1ccc(-c2ccc(C(F)(F)F)cc2)nc1. The van der Waals surface area contributed by atoms with Gasteiger partial charge in [-0.25, -0.2) is 0 Å². The average Bonchev–Trinajstić information content (AvgIpc) is 2.72. The molecule has 3 rings (SSSR count). The largest absolute Gasteiger partial charge is 0.416 e.